The predicted octanol–water partition coefficient (Wildman–Crippen LogP) is 2.10. The molecule has 2 rings (SSSR count). The average Bonchev–Trinajstić information content (AvgIpc) is 3.34. The molecule has 0 amide bonds. The molecule has 21 heavy (non-hydrogen) atoms. The molecule has 0 bridgehead atoms. The van der Waals surface area contributed by atoms with Crippen molar-refractivity contribution in [1.29, 1.82) is 0 Å². The summed E-state index contributed by atoms with van der Waals surface area (Å²) in [7, 11) is 4.92. The lowest BCUT2D eigenvalue weighted by atomic mass is 10.0. The van der Waals surface area contributed by atoms with E-state index in [0.717, 1.165) is 29.5 Å². The van der Waals surface area contributed by atoms with Crippen LogP contribution in [0.15, 0.2) is 12.1 Å². The summed E-state index contributed by atoms with van der Waals surface area (Å²) in [5.74, 6) is 3.08. The van der Waals surface area contributed by atoms with E-state index in [1.807, 2.05) is 12.1 Å². The predicted molar refractivity (Wildman–Crippen MR) is 83.2 cm³/mol. The quantitative estimate of drug-likeness (QED) is 0.730. The fourth-order valence-electron chi connectivity index (χ4n) is 2.55. The van der Waals surface area contributed by atoms with E-state index in [1.165, 1.54) is 19.3 Å². The summed E-state index contributed by atoms with van der Waals surface area (Å²) >= 11 is 0. The Morgan fingerprint density at radius 1 is 1.14 bits per heavy atom. The molecule has 0 aromatic heterocycles. The topological polar surface area (TPSA) is 65.7 Å². The van der Waals surface area contributed by atoms with Crippen LogP contribution in [0.2, 0.25) is 0 Å². The zero-order valence-corrected chi connectivity index (χ0v) is 13.1. The Hall–Kier alpha value is -1.46. The van der Waals surface area contributed by atoms with Crippen molar-refractivity contribution in [1.82, 2.24) is 5.32 Å². The second kappa shape index (κ2) is 7.52. The minimum Gasteiger partial charge on any atom is -0.496 e. The van der Waals surface area contributed by atoms with Crippen molar-refractivity contribution in [2.24, 2.45) is 11.7 Å². The summed E-state index contributed by atoms with van der Waals surface area (Å²) in [6, 6.07) is 3.74. The number of benzene rings is 1. The first-order chi connectivity index (χ1) is 10.2. The molecule has 0 spiro atoms. The molecule has 1 fully saturated rings. The number of hydrogen-bond donors (Lipinski definition) is 2. The van der Waals surface area contributed by atoms with Crippen molar-refractivity contribution in [3.8, 4) is 17.2 Å². The maximum atomic E-state index is 5.95. The first-order valence-electron chi connectivity index (χ1n) is 7.46. The fourth-order valence-corrected chi connectivity index (χ4v) is 2.55. The van der Waals surface area contributed by atoms with E-state index >= 15 is 0 Å². The van der Waals surface area contributed by atoms with Crippen molar-refractivity contribution in [2.75, 3.05) is 34.4 Å². The number of hydrogen-bond acceptors (Lipinski definition) is 5. The van der Waals surface area contributed by atoms with E-state index in [1.54, 1.807) is 21.3 Å². The van der Waals surface area contributed by atoms with Crippen LogP contribution in [0.25, 0.3) is 0 Å². The number of nitrogens with one attached hydrogen (secondary N) is 1. The molecule has 1 aromatic rings. The first kappa shape index (κ1) is 15.9. The lowest BCUT2D eigenvalue weighted by Gasteiger charge is -2.23. The maximum absolute atomic E-state index is 5.95. The maximum Gasteiger partial charge on any atom is 0.131 e. The van der Waals surface area contributed by atoms with Gasteiger partial charge in [0.1, 0.15) is 17.2 Å². The molecule has 1 aliphatic rings. The van der Waals surface area contributed by atoms with Crippen LogP contribution in [-0.4, -0.2) is 34.4 Å². The molecule has 0 saturated heterocycles. The normalized spacial score (nSPS) is 15.6. The summed E-state index contributed by atoms with van der Waals surface area (Å²) in [6.07, 6.45) is 3.94. The van der Waals surface area contributed by atoms with Gasteiger partial charge in [0.2, 0.25) is 0 Å². The summed E-state index contributed by atoms with van der Waals surface area (Å²) in [5, 5.41) is 3.52. The molecule has 1 unspecified atom stereocenters. The Morgan fingerprint density at radius 3 is 2.19 bits per heavy atom. The Labute approximate surface area is 126 Å². The van der Waals surface area contributed by atoms with Gasteiger partial charge in [0.15, 0.2) is 0 Å². The second-order valence-electron chi connectivity index (χ2n) is 5.42. The van der Waals surface area contributed by atoms with Gasteiger partial charge < -0.3 is 25.3 Å². The van der Waals surface area contributed by atoms with Gasteiger partial charge >= 0.3 is 0 Å². The Kier molecular flexibility index (Phi) is 5.70. The molecular weight excluding hydrogens is 268 g/mol. The van der Waals surface area contributed by atoms with Crippen LogP contribution < -0.4 is 25.3 Å². The number of rotatable bonds is 9. The first-order valence-corrected chi connectivity index (χ1v) is 7.46. The fraction of sp³-hybridized carbons (Fsp3) is 0.625. The van der Waals surface area contributed by atoms with Crippen molar-refractivity contribution < 1.29 is 14.2 Å². The molecule has 0 aliphatic heterocycles. The number of methoxy groups -OCH3 is 3. The molecule has 1 saturated carbocycles. The zero-order valence-electron chi connectivity index (χ0n) is 13.1. The van der Waals surface area contributed by atoms with E-state index in [0.29, 0.717) is 12.3 Å². The van der Waals surface area contributed by atoms with Crippen LogP contribution in [0.5, 0.6) is 17.2 Å². The third-order valence-electron chi connectivity index (χ3n) is 3.98. The van der Waals surface area contributed by atoms with Gasteiger partial charge in [0.25, 0.3) is 0 Å². The summed E-state index contributed by atoms with van der Waals surface area (Å²) in [4.78, 5) is 0. The Balaban J connectivity index is 2.19. The van der Waals surface area contributed by atoms with Crippen LogP contribution in [0, 0.1) is 5.92 Å². The molecule has 118 valence electrons. The third-order valence-corrected chi connectivity index (χ3v) is 3.98. The molecule has 5 heteroatoms. The third kappa shape index (κ3) is 4.02. The minimum atomic E-state index is 0.0135. The van der Waals surface area contributed by atoms with E-state index < -0.39 is 0 Å². The lowest BCUT2D eigenvalue weighted by Crippen LogP contribution is -2.30. The molecule has 0 radical (unpaired) electrons. The lowest BCUT2D eigenvalue weighted by molar-refractivity contribution is 0.357. The minimum absolute atomic E-state index is 0.0135. The van der Waals surface area contributed by atoms with Crippen LogP contribution in [-0.2, 0) is 0 Å². The van der Waals surface area contributed by atoms with E-state index in [-0.39, 0.29) is 6.04 Å². The van der Waals surface area contributed by atoms with Crippen molar-refractivity contribution in [3.05, 3.63) is 17.7 Å². The van der Waals surface area contributed by atoms with Crippen LogP contribution in [0.3, 0.4) is 0 Å². The van der Waals surface area contributed by atoms with E-state index in [9.17, 15) is 0 Å². The molecule has 1 atom stereocenters. The van der Waals surface area contributed by atoms with Gasteiger partial charge in [-0.1, -0.05) is 12.8 Å². The number of nitrogens with two attached hydrogens (primary N) is 1. The molecule has 0 heterocycles. The highest BCUT2D eigenvalue weighted by molar-refractivity contribution is 5.52. The molecule has 1 aromatic carbocycles. The van der Waals surface area contributed by atoms with E-state index in [4.69, 9.17) is 19.9 Å². The van der Waals surface area contributed by atoms with Crippen LogP contribution in [0.4, 0.5) is 0 Å². The monoisotopic (exact) mass is 294 g/mol. The largest absolute Gasteiger partial charge is 0.496 e. The van der Waals surface area contributed by atoms with Gasteiger partial charge in [0, 0.05) is 18.7 Å². The number of ether oxygens (including phenoxy) is 3. The molecule has 1 aliphatic carbocycles. The van der Waals surface area contributed by atoms with Gasteiger partial charge in [-0.3, -0.25) is 0 Å². The standard InChI is InChI=1S/C16H26N2O3/c1-19-12-8-14(20-2)16(15(9-12)21-3)13(10-17)18-7-6-11-4-5-11/h8-9,11,13,18H,4-7,10,17H2,1-3H3. The molecule has 5 nitrogen and oxygen atoms in total. The van der Waals surface area contributed by atoms with Gasteiger partial charge in [-0.05, 0) is 18.9 Å². The highest BCUT2D eigenvalue weighted by atomic mass is 16.5. The van der Waals surface area contributed by atoms with Crippen molar-refractivity contribution >= 4 is 0 Å². The Bertz CT molecular complexity index is 436. The smallest absolute Gasteiger partial charge is 0.131 e. The van der Waals surface area contributed by atoms with E-state index in [2.05, 4.69) is 5.32 Å². The van der Waals surface area contributed by atoms with Crippen molar-refractivity contribution in [2.45, 2.75) is 25.3 Å². The Morgan fingerprint density at radius 2 is 1.76 bits per heavy atom. The van der Waals surface area contributed by atoms with Gasteiger partial charge in [0.05, 0.1) is 32.9 Å². The van der Waals surface area contributed by atoms with Crippen molar-refractivity contribution in [3.63, 3.8) is 0 Å². The average molecular weight is 294 g/mol. The van der Waals surface area contributed by atoms with Gasteiger partial charge in [-0.15, -0.1) is 0 Å². The zero-order chi connectivity index (χ0) is 15.2. The summed E-state index contributed by atoms with van der Waals surface area (Å²) < 4.78 is 16.3. The summed E-state index contributed by atoms with van der Waals surface area (Å²) in [6.45, 7) is 1.45. The highest BCUT2D eigenvalue weighted by Crippen LogP contribution is 2.38. The van der Waals surface area contributed by atoms with Gasteiger partial charge in [-0.25, -0.2) is 0 Å². The molecule has 3 N–H and O–H groups in total. The SMILES string of the molecule is COc1cc(OC)c(C(CN)NCCC2CC2)c(OC)c1. The van der Waals surface area contributed by atoms with Gasteiger partial charge in [-0.2, -0.15) is 0 Å². The highest BCUT2D eigenvalue weighted by Gasteiger charge is 2.24. The second-order valence-corrected chi connectivity index (χ2v) is 5.42. The van der Waals surface area contributed by atoms with Crippen LogP contribution >= 0.6 is 0 Å². The summed E-state index contributed by atoms with van der Waals surface area (Å²) in [5.41, 5.74) is 6.91. The molecular formula is C16H26N2O3. The van der Waals surface area contributed by atoms with Crippen LogP contribution in [0.1, 0.15) is 30.9 Å².